The SMILES string of the molecule is CC(=O)c1cc(C(C)=NNC(=O)c2ccccc2)c(O)cc1O. The van der Waals surface area contributed by atoms with Crippen molar-refractivity contribution < 1.29 is 19.8 Å². The van der Waals surface area contributed by atoms with Crippen molar-refractivity contribution >= 4 is 17.4 Å². The fourth-order valence-electron chi connectivity index (χ4n) is 2.00. The molecule has 0 aliphatic carbocycles. The van der Waals surface area contributed by atoms with Crippen molar-refractivity contribution in [3.05, 3.63) is 59.2 Å². The molecule has 2 aromatic carbocycles. The Morgan fingerprint density at radius 1 is 0.957 bits per heavy atom. The second kappa shape index (κ2) is 6.74. The number of nitrogens with one attached hydrogen (secondary N) is 1. The zero-order chi connectivity index (χ0) is 17.0. The topological polar surface area (TPSA) is 99.0 Å². The summed E-state index contributed by atoms with van der Waals surface area (Å²) in [5.74, 6) is -1.28. The summed E-state index contributed by atoms with van der Waals surface area (Å²) in [5, 5.41) is 23.5. The lowest BCUT2D eigenvalue weighted by atomic mass is 10.0. The van der Waals surface area contributed by atoms with Gasteiger partial charge in [0.1, 0.15) is 11.5 Å². The maximum absolute atomic E-state index is 11.9. The summed E-state index contributed by atoms with van der Waals surface area (Å²) in [6.45, 7) is 2.88. The highest BCUT2D eigenvalue weighted by molar-refractivity contribution is 6.06. The quantitative estimate of drug-likeness (QED) is 0.459. The second-order valence-corrected chi connectivity index (χ2v) is 4.95. The number of amides is 1. The molecule has 6 heteroatoms. The van der Waals surface area contributed by atoms with E-state index in [4.69, 9.17) is 0 Å². The lowest BCUT2D eigenvalue weighted by Crippen LogP contribution is -2.19. The minimum absolute atomic E-state index is 0.0711. The highest BCUT2D eigenvalue weighted by Gasteiger charge is 2.14. The van der Waals surface area contributed by atoms with Gasteiger partial charge in [-0.25, -0.2) is 5.43 Å². The maximum Gasteiger partial charge on any atom is 0.271 e. The van der Waals surface area contributed by atoms with Gasteiger partial charge in [-0.2, -0.15) is 5.10 Å². The average Bonchev–Trinajstić information content (AvgIpc) is 2.52. The monoisotopic (exact) mass is 312 g/mol. The van der Waals surface area contributed by atoms with Crippen LogP contribution in [0.4, 0.5) is 0 Å². The Labute approximate surface area is 133 Å². The number of hydrazone groups is 1. The van der Waals surface area contributed by atoms with Gasteiger partial charge >= 0.3 is 0 Å². The van der Waals surface area contributed by atoms with Crippen LogP contribution in [0.3, 0.4) is 0 Å². The Morgan fingerprint density at radius 3 is 2.17 bits per heavy atom. The number of rotatable bonds is 4. The highest BCUT2D eigenvalue weighted by atomic mass is 16.3. The van der Waals surface area contributed by atoms with E-state index < -0.39 is 5.91 Å². The lowest BCUT2D eigenvalue weighted by molar-refractivity contribution is 0.0953. The minimum Gasteiger partial charge on any atom is -0.507 e. The third kappa shape index (κ3) is 3.74. The van der Waals surface area contributed by atoms with Crippen molar-refractivity contribution in [2.24, 2.45) is 5.10 Å². The van der Waals surface area contributed by atoms with Crippen LogP contribution in [0.25, 0.3) is 0 Å². The summed E-state index contributed by atoms with van der Waals surface area (Å²) >= 11 is 0. The van der Waals surface area contributed by atoms with Gasteiger partial charge in [0.25, 0.3) is 5.91 Å². The van der Waals surface area contributed by atoms with E-state index in [0.29, 0.717) is 11.3 Å². The molecule has 0 aliphatic heterocycles. The Hall–Kier alpha value is -3.15. The number of carbonyl (C=O) groups excluding carboxylic acids is 2. The first-order chi connectivity index (χ1) is 10.9. The molecular formula is C17H16N2O4. The first kappa shape index (κ1) is 16.2. The largest absolute Gasteiger partial charge is 0.507 e. The molecule has 0 aliphatic rings. The number of phenols is 2. The lowest BCUT2D eigenvalue weighted by Gasteiger charge is -2.08. The van der Waals surface area contributed by atoms with Crippen molar-refractivity contribution in [2.75, 3.05) is 0 Å². The van der Waals surface area contributed by atoms with Crippen LogP contribution in [0.5, 0.6) is 11.5 Å². The van der Waals surface area contributed by atoms with Crippen LogP contribution >= 0.6 is 0 Å². The van der Waals surface area contributed by atoms with Gasteiger partial charge in [-0.15, -0.1) is 0 Å². The number of nitrogens with zero attached hydrogens (tertiary/aromatic N) is 1. The third-order valence-corrected chi connectivity index (χ3v) is 3.24. The number of aromatic hydroxyl groups is 2. The van der Waals surface area contributed by atoms with Gasteiger partial charge in [0, 0.05) is 17.2 Å². The Balaban J connectivity index is 2.26. The molecule has 0 heterocycles. The zero-order valence-electron chi connectivity index (χ0n) is 12.7. The molecule has 118 valence electrons. The Kier molecular flexibility index (Phi) is 4.75. The van der Waals surface area contributed by atoms with Crippen molar-refractivity contribution in [1.29, 1.82) is 0 Å². The fourth-order valence-corrected chi connectivity index (χ4v) is 2.00. The predicted octanol–water partition coefficient (Wildman–Crippen LogP) is 2.45. The fraction of sp³-hybridized carbons (Fsp3) is 0.118. The van der Waals surface area contributed by atoms with E-state index in [-0.39, 0.29) is 28.4 Å². The number of phenolic OH excluding ortho intramolecular Hbond substituents is 2. The van der Waals surface area contributed by atoms with Crippen molar-refractivity contribution in [1.82, 2.24) is 5.43 Å². The molecule has 0 radical (unpaired) electrons. The van der Waals surface area contributed by atoms with E-state index in [1.165, 1.54) is 13.0 Å². The molecule has 0 unspecified atom stereocenters. The number of hydrogen-bond acceptors (Lipinski definition) is 5. The van der Waals surface area contributed by atoms with Crippen LogP contribution in [-0.2, 0) is 0 Å². The van der Waals surface area contributed by atoms with Crippen molar-refractivity contribution in [3.63, 3.8) is 0 Å². The second-order valence-electron chi connectivity index (χ2n) is 4.95. The van der Waals surface area contributed by atoms with Gasteiger partial charge in [0.05, 0.1) is 11.3 Å². The zero-order valence-corrected chi connectivity index (χ0v) is 12.7. The summed E-state index contributed by atoms with van der Waals surface area (Å²) in [7, 11) is 0. The average molecular weight is 312 g/mol. The number of Topliss-reactive ketones (excluding diaryl/α,β-unsaturated/α-hetero) is 1. The van der Waals surface area contributed by atoms with E-state index >= 15 is 0 Å². The first-order valence-electron chi connectivity index (χ1n) is 6.87. The van der Waals surface area contributed by atoms with Gasteiger partial charge in [0.2, 0.25) is 0 Å². The van der Waals surface area contributed by atoms with E-state index in [1.54, 1.807) is 37.3 Å². The maximum atomic E-state index is 11.9. The van der Waals surface area contributed by atoms with Crippen LogP contribution in [-0.4, -0.2) is 27.6 Å². The molecule has 1 amide bonds. The molecule has 0 saturated heterocycles. The van der Waals surface area contributed by atoms with Crippen molar-refractivity contribution in [3.8, 4) is 11.5 Å². The Morgan fingerprint density at radius 2 is 1.57 bits per heavy atom. The molecule has 3 N–H and O–H groups in total. The first-order valence-corrected chi connectivity index (χ1v) is 6.87. The van der Waals surface area contributed by atoms with Gasteiger partial charge in [-0.1, -0.05) is 18.2 Å². The van der Waals surface area contributed by atoms with Crippen LogP contribution < -0.4 is 5.43 Å². The van der Waals surface area contributed by atoms with Gasteiger partial charge in [-0.05, 0) is 32.0 Å². The van der Waals surface area contributed by atoms with E-state index in [1.807, 2.05) is 0 Å². The molecule has 0 bridgehead atoms. The van der Waals surface area contributed by atoms with E-state index in [9.17, 15) is 19.8 Å². The van der Waals surface area contributed by atoms with Crippen LogP contribution in [0.15, 0.2) is 47.6 Å². The van der Waals surface area contributed by atoms with Gasteiger partial charge in [-0.3, -0.25) is 9.59 Å². The predicted molar refractivity (Wildman–Crippen MR) is 85.9 cm³/mol. The normalized spacial score (nSPS) is 11.1. The molecule has 0 spiro atoms. The summed E-state index contributed by atoms with van der Waals surface area (Å²) in [6.07, 6.45) is 0. The summed E-state index contributed by atoms with van der Waals surface area (Å²) in [6, 6.07) is 11.0. The van der Waals surface area contributed by atoms with Crippen LogP contribution in [0.1, 0.15) is 40.1 Å². The standard InChI is InChI=1S/C17H16N2O4/c1-10(18-19-17(23)12-6-4-3-5-7-12)13-8-14(11(2)20)16(22)9-15(13)21/h3-9,21-22H,1-2H3,(H,19,23). The summed E-state index contributed by atoms with van der Waals surface area (Å²) < 4.78 is 0. The van der Waals surface area contributed by atoms with Crippen LogP contribution in [0.2, 0.25) is 0 Å². The smallest absolute Gasteiger partial charge is 0.271 e. The number of ketones is 1. The summed E-state index contributed by atoms with van der Waals surface area (Å²) in [5.41, 5.74) is 3.45. The van der Waals surface area contributed by atoms with Crippen molar-refractivity contribution in [2.45, 2.75) is 13.8 Å². The van der Waals surface area contributed by atoms with Gasteiger partial charge < -0.3 is 10.2 Å². The number of benzene rings is 2. The third-order valence-electron chi connectivity index (χ3n) is 3.24. The van der Waals surface area contributed by atoms with E-state index in [0.717, 1.165) is 6.07 Å². The molecular weight excluding hydrogens is 296 g/mol. The summed E-state index contributed by atoms with van der Waals surface area (Å²) in [4.78, 5) is 23.4. The van der Waals surface area contributed by atoms with Crippen LogP contribution in [0, 0.1) is 0 Å². The number of carbonyl (C=O) groups is 2. The molecule has 0 saturated carbocycles. The molecule has 23 heavy (non-hydrogen) atoms. The Bertz CT molecular complexity index is 783. The highest BCUT2D eigenvalue weighted by Crippen LogP contribution is 2.28. The molecule has 0 atom stereocenters. The van der Waals surface area contributed by atoms with Gasteiger partial charge in [0.15, 0.2) is 5.78 Å². The molecule has 2 rings (SSSR count). The molecule has 2 aromatic rings. The van der Waals surface area contributed by atoms with E-state index in [2.05, 4.69) is 10.5 Å². The molecule has 0 aromatic heterocycles. The molecule has 6 nitrogen and oxygen atoms in total. The molecule has 0 fully saturated rings. The number of hydrogen-bond donors (Lipinski definition) is 3. The minimum atomic E-state index is -0.394.